The van der Waals surface area contributed by atoms with Crippen LogP contribution in [0.1, 0.15) is 46.5 Å². The number of amides is 1. The molecule has 4 heteroatoms. The van der Waals surface area contributed by atoms with Gasteiger partial charge in [0.1, 0.15) is 0 Å². The Morgan fingerprint density at radius 2 is 1.94 bits per heavy atom. The first-order valence-corrected chi connectivity index (χ1v) is 6.46. The van der Waals surface area contributed by atoms with E-state index in [4.69, 9.17) is 0 Å². The molecule has 2 rings (SSSR count). The Labute approximate surface area is 111 Å². The van der Waals surface area contributed by atoms with Crippen molar-refractivity contribution in [2.45, 2.75) is 52.5 Å². The van der Waals surface area contributed by atoms with Crippen molar-refractivity contribution in [1.82, 2.24) is 10.6 Å². The number of nitrogens with one attached hydrogen (secondary N) is 2. The standard InChI is InChI=1S/C13H24N2O.ClH/c1-12(2)5-4-8-14-10(12)9-15-11(16)13(3)6-7-13;/h10,14H,4-9H2,1-3H3,(H,15,16);1H. The molecule has 100 valence electrons. The minimum absolute atomic E-state index is 0. The molecule has 0 aromatic carbocycles. The molecule has 1 saturated heterocycles. The van der Waals surface area contributed by atoms with Gasteiger partial charge in [-0.1, -0.05) is 20.8 Å². The molecule has 1 atom stereocenters. The number of carbonyl (C=O) groups excluding carboxylic acids is 1. The Bertz CT molecular complexity index is 287. The fourth-order valence-electron chi connectivity index (χ4n) is 2.44. The molecular formula is C13H25ClN2O. The van der Waals surface area contributed by atoms with Crippen molar-refractivity contribution >= 4 is 18.3 Å². The zero-order chi connectivity index (χ0) is 11.8. The average molecular weight is 261 g/mol. The summed E-state index contributed by atoms with van der Waals surface area (Å²) >= 11 is 0. The fourth-order valence-corrected chi connectivity index (χ4v) is 2.44. The smallest absolute Gasteiger partial charge is 0.225 e. The lowest BCUT2D eigenvalue weighted by atomic mass is 9.77. The van der Waals surface area contributed by atoms with Crippen LogP contribution >= 0.6 is 12.4 Å². The lowest BCUT2D eigenvalue weighted by molar-refractivity contribution is -0.126. The predicted molar refractivity (Wildman–Crippen MR) is 72.4 cm³/mol. The van der Waals surface area contributed by atoms with Gasteiger partial charge < -0.3 is 10.6 Å². The van der Waals surface area contributed by atoms with Crippen molar-refractivity contribution in [2.24, 2.45) is 10.8 Å². The summed E-state index contributed by atoms with van der Waals surface area (Å²) < 4.78 is 0. The van der Waals surface area contributed by atoms with E-state index in [1.807, 2.05) is 0 Å². The Morgan fingerprint density at radius 1 is 1.29 bits per heavy atom. The number of hydrogen-bond acceptors (Lipinski definition) is 2. The zero-order valence-electron chi connectivity index (χ0n) is 11.1. The second-order valence-electron chi connectivity index (χ2n) is 6.37. The Balaban J connectivity index is 0.00000144. The van der Waals surface area contributed by atoms with Gasteiger partial charge in [0, 0.05) is 18.0 Å². The molecule has 2 fully saturated rings. The maximum absolute atomic E-state index is 11.8. The fraction of sp³-hybridized carbons (Fsp3) is 0.923. The first-order chi connectivity index (χ1) is 7.44. The minimum Gasteiger partial charge on any atom is -0.354 e. The number of carbonyl (C=O) groups is 1. The molecule has 3 nitrogen and oxygen atoms in total. The molecule has 0 radical (unpaired) electrons. The lowest BCUT2D eigenvalue weighted by Gasteiger charge is -2.39. The van der Waals surface area contributed by atoms with Crippen LogP contribution in [0.15, 0.2) is 0 Å². The van der Waals surface area contributed by atoms with Crippen LogP contribution in [-0.4, -0.2) is 25.0 Å². The molecule has 2 N–H and O–H groups in total. The van der Waals surface area contributed by atoms with Crippen LogP contribution in [0.3, 0.4) is 0 Å². The van der Waals surface area contributed by atoms with E-state index in [1.54, 1.807) is 0 Å². The van der Waals surface area contributed by atoms with Crippen LogP contribution in [0, 0.1) is 10.8 Å². The van der Waals surface area contributed by atoms with E-state index in [9.17, 15) is 4.79 Å². The third-order valence-corrected chi connectivity index (χ3v) is 4.35. The van der Waals surface area contributed by atoms with Gasteiger partial charge in [-0.25, -0.2) is 0 Å². The SMILES string of the molecule is CC1(C(=O)NCC2NCCCC2(C)C)CC1.Cl. The summed E-state index contributed by atoms with van der Waals surface area (Å²) in [6, 6.07) is 0.424. The van der Waals surface area contributed by atoms with Gasteiger partial charge in [0.05, 0.1) is 0 Å². The summed E-state index contributed by atoms with van der Waals surface area (Å²) in [6.45, 7) is 8.49. The summed E-state index contributed by atoms with van der Waals surface area (Å²) in [4.78, 5) is 11.8. The van der Waals surface area contributed by atoms with E-state index in [1.165, 1.54) is 12.8 Å². The van der Waals surface area contributed by atoms with Crippen LogP contribution in [0.4, 0.5) is 0 Å². The molecular weight excluding hydrogens is 236 g/mol. The maximum Gasteiger partial charge on any atom is 0.225 e. The van der Waals surface area contributed by atoms with E-state index in [0.29, 0.717) is 11.5 Å². The molecule has 1 saturated carbocycles. The number of halogens is 1. The topological polar surface area (TPSA) is 41.1 Å². The minimum atomic E-state index is -0.0428. The van der Waals surface area contributed by atoms with Crippen LogP contribution in [-0.2, 0) is 4.79 Å². The highest BCUT2D eigenvalue weighted by molar-refractivity contribution is 5.85. The predicted octanol–water partition coefficient (Wildman–Crippen LogP) is 2.10. The summed E-state index contributed by atoms with van der Waals surface area (Å²) in [7, 11) is 0. The van der Waals surface area contributed by atoms with Gasteiger partial charge in [-0.3, -0.25) is 4.79 Å². The van der Waals surface area contributed by atoms with Crippen molar-refractivity contribution in [1.29, 1.82) is 0 Å². The van der Waals surface area contributed by atoms with E-state index in [2.05, 4.69) is 31.4 Å². The molecule has 0 aromatic heterocycles. The van der Waals surface area contributed by atoms with Crippen LogP contribution in [0.25, 0.3) is 0 Å². The number of rotatable bonds is 3. The molecule has 1 aliphatic heterocycles. The van der Waals surface area contributed by atoms with Gasteiger partial charge in [0.15, 0.2) is 0 Å². The molecule has 1 heterocycles. The first-order valence-electron chi connectivity index (χ1n) is 6.46. The van der Waals surface area contributed by atoms with Crippen molar-refractivity contribution in [3.63, 3.8) is 0 Å². The summed E-state index contributed by atoms with van der Waals surface area (Å²) in [5, 5.41) is 6.63. The van der Waals surface area contributed by atoms with E-state index < -0.39 is 0 Å². The molecule has 1 amide bonds. The average Bonchev–Trinajstić information content (AvgIpc) is 2.95. The van der Waals surface area contributed by atoms with Crippen LogP contribution in [0.5, 0.6) is 0 Å². The first kappa shape index (κ1) is 14.8. The van der Waals surface area contributed by atoms with Crippen molar-refractivity contribution in [2.75, 3.05) is 13.1 Å². The molecule has 0 spiro atoms. The van der Waals surface area contributed by atoms with Gasteiger partial charge in [0.25, 0.3) is 0 Å². The van der Waals surface area contributed by atoms with E-state index >= 15 is 0 Å². The Hall–Kier alpha value is -0.280. The normalized spacial score (nSPS) is 29.0. The molecule has 17 heavy (non-hydrogen) atoms. The van der Waals surface area contributed by atoms with Crippen molar-refractivity contribution in [3.8, 4) is 0 Å². The summed E-state index contributed by atoms with van der Waals surface area (Å²) in [5.41, 5.74) is 0.259. The van der Waals surface area contributed by atoms with Crippen LogP contribution < -0.4 is 10.6 Å². The monoisotopic (exact) mass is 260 g/mol. The van der Waals surface area contributed by atoms with Gasteiger partial charge >= 0.3 is 0 Å². The van der Waals surface area contributed by atoms with Gasteiger partial charge in [-0.15, -0.1) is 12.4 Å². The van der Waals surface area contributed by atoms with E-state index in [0.717, 1.165) is 25.9 Å². The number of hydrogen-bond donors (Lipinski definition) is 2. The summed E-state index contributed by atoms with van der Waals surface area (Å²) in [6.07, 6.45) is 4.60. The molecule has 0 aromatic rings. The van der Waals surface area contributed by atoms with Crippen LogP contribution in [0.2, 0.25) is 0 Å². The van der Waals surface area contributed by atoms with Gasteiger partial charge in [0.2, 0.25) is 5.91 Å². The molecule has 1 unspecified atom stereocenters. The molecule has 0 bridgehead atoms. The van der Waals surface area contributed by atoms with Crippen molar-refractivity contribution in [3.05, 3.63) is 0 Å². The quantitative estimate of drug-likeness (QED) is 0.816. The third-order valence-electron chi connectivity index (χ3n) is 4.35. The zero-order valence-corrected chi connectivity index (χ0v) is 12.0. The summed E-state index contributed by atoms with van der Waals surface area (Å²) in [5.74, 6) is 0.246. The molecule has 2 aliphatic rings. The Morgan fingerprint density at radius 3 is 2.47 bits per heavy atom. The molecule has 1 aliphatic carbocycles. The second-order valence-corrected chi connectivity index (χ2v) is 6.37. The third kappa shape index (κ3) is 3.35. The highest BCUT2D eigenvalue weighted by atomic mass is 35.5. The Kier molecular flexibility index (Phi) is 4.48. The number of piperidine rings is 1. The highest BCUT2D eigenvalue weighted by Gasteiger charge is 2.45. The van der Waals surface area contributed by atoms with E-state index in [-0.39, 0.29) is 23.7 Å². The largest absolute Gasteiger partial charge is 0.354 e. The lowest BCUT2D eigenvalue weighted by Crippen LogP contribution is -2.53. The highest BCUT2D eigenvalue weighted by Crippen LogP contribution is 2.45. The maximum atomic E-state index is 11.8. The second kappa shape index (κ2) is 5.15. The van der Waals surface area contributed by atoms with Gasteiger partial charge in [-0.2, -0.15) is 0 Å². The van der Waals surface area contributed by atoms with Crippen molar-refractivity contribution < 1.29 is 4.79 Å². The van der Waals surface area contributed by atoms with Gasteiger partial charge in [-0.05, 0) is 37.6 Å².